The third-order valence-corrected chi connectivity index (χ3v) is 7.65. The number of ether oxygens (including phenoxy) is 2. The summed E-state index contributed by atoms with van der Waals surface area (Å²) in [6.07, 6.45) is 1.34. The van der Waals surface area contributed by atoms with E-state index >= 15 is 8.78 Å². The Morgan fingerprint density at radius 2 is 1.84 bits per heavy atom. The number of nitrogens with zero attached hydrogens (tertiary/aromatic N) is 4. The lowest BCUT2D eigenvalue weighted by molar-refractivity contribution is 0.0697. The minimum absolute atomic E-state index is 0.0392. The molecule has 0 spiro atoms. The molecule has 0 aliphatic carbocycles. The van der Waals surface area contributed by atoms with Crippen LogP contribution in [0.15, 0.2) is 66.9 Å². The van der Waals surface area contributed by atoms with Gasteiger partial charge in [-0.05, 0) is 59.7 Å². The Balaban J connectivity index is 1.32. The first-order valence-corrected chi connectivity index (χ1v) is 13.6. The van der Waals surface area contributed by atoms with Crippen LogP contribution in [0.3, 0.4) is 0 Å². The Bertz CT molecular complexity index is 1840. The van der Waals surface area contributed by atoms with E-state index < -0.39 is 17.6 Å². The van der Waals surface area contributed by atoms with E-state index in [2.05, 4.69) is 9.97 Å². The molecule has 1 aliphatic heterocycles. The van der Waals surface area contributed by atoms with E-state index in [4.69, 9.17) is 14.5 Å². The van der Waals surface area contributed by atoms with Crippen molar-refractivity contribution in [2.75, 3.05) is 13.2 Å². The minimum Gasteiger partial charge on any atom is -0.478 e. The zero-order chi connectivity index (χ0) is 30.3. The van der Waals surface area contributed by atoms with Crippen LogP contribution in [0.4, 0.5) is 13.2 Å². The number of aromatic carboxylic acids is 1. The van der Waals surface area contributed by atoms with E-state index in [0.717, 1.165) is 12.1 Å². The van der Waals surface area contributed by atoms with E-state index in [-0.39, 0.29) is 58.7 Å². The second kappa shape index (κ2) is 11.1. The molecule has 0 saturated carbocycles. The van der Waals surface area contributed by atoms with Gasteiger partial charge in [0.25, 0.3) is 0 Å². The highest BCUT2D eigenvalue weighted by Gasteiger charge is 2.39. The fraction of sp³-hybridized carbons (Fsp3) is 0.250. The third kappa shape index (κ3) is 5.68. The van der Waals surface area contributed by atoms with Gasteiger partial charge in [-0.15, -0.1) is 0 Å². The highest BCUT2D eigenvalue weighted by molar-refractivity contribution is 5.92. The lowest BCUT2D eigenvalue weighted by Crippen LogP contribution is -2.27. The fourth-order valence-corrected chi connectivity index (χ4v) is 5.31. The van der Waals surface area contributed by atoms with Gasteiger partial charge in [0.2, 0.25) is 0 Å². The van der Waals surface area contributed by atoms with Crippen molar-refractivity contribution in [3.05, 3.63) is 107 Å². The number of carboxylic acid groups (broad SMARTS) is 1. The van der Waals surface area contributed by atoms with Crippen molar-refractivity contribution in [2.24, 2.45) is 5.41 Å². The van der Waals surface area contributed by atoms with E-state index in [1.165, 1.54) is 30.5 Å². The molecule has 1 aliphatic rings. The predicted molar refractivity (Wildman–Crippen MR) is 151 cm³/mol. The summed E-state index contributed by atoms with van der Waals surface area (Å²) in [5.41, 5.74) is 1.76. The number of benzene rings is 3. The maximum atomic E-state index is 15.6. The summed E-state index contributed by atoms with van der Waals surface area (Å²) in [7, 11) is 0. The largest absolute Gasteiger partial charge is 0.478 e. The number of rotatable bonds is 8. The number of hydrogen-bond acceptors (Lipinski definition) is 6. The SMILES string of the molecule is CC1(C)COCC1n1c(Cc2cc(F)c(-c3ccnc(OCc4ccc(F)cc4)n3)cc2F)nc2ccc(C(=O)O)cc21. The molecule has 1 fully saturated rings. The van der Waals surface area contributed by atoms with Crippen LogP contribution in [-0.4, -0.2) is 43.8 Å². The van der Waals surface area contributed by atoms with Crippen LogP contribution in [0.5, 0.6) is 6.01 Å². The standard InChI is InChI=1S/C32H27F3N4O4/c1-32(2)17-42-16-28(32)39-27-12-19(30(40)41)5-8-26(27)37-29(39)13-20-11-24(35)22(14-23(20)34)25-9-10-36-31(38-25)43-15-18-3-6-21(33)7-4-18/h3-12,14,28H,13,15-17H2,1-2H3,(H,40,41). The van der Waals surface area contributed by atoms with Crippen LogP contribution in [0.25, 0.3) is 22.3 Å². The molecule has 43 heavy (non-hydrogen) atoms. The quantitative estimate of drug-likeness (QED) is 0.225. The van der Waals surface area contributed by atoms with Gasteiger partial charge in [-0.3, -0.25) is 0 Å². The number of halogens is 3. The monoisotopic (exact) mass is 588 g/mol. The summed E-state index contributed by atoms with van der Waals surface area (Å²) in [5, 5.41) is 9.57. The molecule has 6 rings (SSSR count). The molecule has 2 aromatic heterocycles. The van der Waals surface area contributed by atoms with E-state index in [9.17, 15) is 14.3 Å². The number of fused-ring (bicyclic) bond motifs is 1. The Hall–Kier alpha value is -4.77. The number of hydrogen-bond donors (Lipinski definition) is 1. The Morgan fingerprint density at radius 3 is 2.56 bits per heavy atom. The number of carbonyl (C=O) groups is 1. The van der Waals surface area contributed by atoms with Gasteiger partial charge in [-0.2, -0.15) is 4.98 Å². The first-order valence-electron chi connectivity index (χ1n) is 13.6. The van der Waals surface area contributed by atoms with Gasteiger partial charge < -0.3 is 19.1 Å². The first-order chi connectivity index (χ1) is 20.6. The van der Waals surface area contributed by atoms with Gasteiger partial charge in [0, 0.05) is 23.6 Å². The summed E-state index contributed by atoms with van der Waals surface area (Å²) >= 11 is 0. The fourth-order valence-electron chi connectivity index (χ4n) is 5.31. The zero-order valence-corrected chi connectivity index (χ0v) is 23.4. The molecule has 3 aromatic carbocycles. The molecule has 220 valence electrons. The van der Waals surface area contributed by atoms with Gasteiger partial charge in [0.1, 0.15) is 29.9 Å². The first kappa shape index (κ1) is 28.4. The van der Waals surface area contributed by atoms with Crippen molar-refractivity contribution < 1.29 is 32.5 Å². The van der Waals surface area contributed by atoms with Crippen LogP contribution in [0.1, 0.15) is 47.2 Å². The number of imidazole rings is 1. The van der Waals surface area contributed by atoms with Gasteiger partial charge in [-0.1, -0.05) is 26.0 Å². The normalized spacial score (nSPS) is 16.1. The average molecular weight is 589 g/mol. The van der Waals surface area contributed by atoms with Gasteiger partial charge >= 0.3 is 12.0 Å². The summed E-state index contributed by atoms with van der Waals surface area (Å²) in [6.45, 7) is 5.00. The van der Waals surface area contributed by atoms with Gasteiger partial charge in [0.15, 0.2) is 0 Å². The molecule has 8 nitrogen and oxygen atoms in total. The topological polar surface area (TPSA) is 99.4 Å². The molecule has 1 N–H and O–H groups in total. The van der Waals surface area contributed by atoms with Crippen LogP contribution >= 0.6 is 0 Å². The van der Waals surface area contributed by atoms with Crippen LogP contribution < -0.4 is 4.74 Å². The molecular weight excluding hydrogens is 561 g/mol. The number of carboxylic acids is 1. The minimum atomic E-state index is -1.07. The van der Waals surface area contributed by atoms with E-state index in [1.807, 2.05) is 18.4 Å². The second-order valence-corrected chi connectivity index (χ2v) is 11.2. The van der Waals surface area contributed by atoms with Crippen molar-refractivity contribution in [3.63, 3.8) is 0 Å². The Labute approximate surface area is 244 Å². The van der Waals surface area contributed by atoms with Crippen molar-refractivity contribution in [3.8, 4) is 17.3 Å². The zero-order valence-electron chi connectivity index (χ0n) is 23.4. The van der Waals surface area contributed by atoms with Crippen molar-refractivity contribution in [1.29, 1.82) is 0 Å². The molecule has 3 heterocycles. The molecule has 1 atom stereocenters. The highest BCUT2D eigenvalue weighted by Crippen LogP contribution is 2.40. The maximum Gasteiger partial charge on any atom is 0.335 e. The summed E-state index contributed by atoms with van der Waals surface area (Å²) in [5.74, 6) is -2.33. The molecule has 0 bridgehead atoms. The van der Waals surface area contributed by atoms with E-state index in [1.54, 1.807) is 24.3 Å². The highest BCUT2D eigenvalue weighted by atomic mass is 19.1. The smallest absolute Gasteiger partial charge is 0.335 e. The maximum absolute atomic E-state index is 15.6. The summed E-state index contributed by atoms with van der Waals surface area (Å²) in [6, 6.07) is 13.8. The lowest BCUT2D eigenvalue weighted by Gasteiger charge is -2.28. The lowest BCUT2D eigenvalue weighted by atomic mass is 9.87. The van der Waals surface area contributed by atoms with Crippen molar-refractivity contribution in [1.82, 2.24) is 19.5 Å². The third-order valence-electron chi connectivity index (χ3n) is 7.65. The molecule has 0 amide bonds. The molecule has 5 aromatic rings. The summed E-state index contributed by atoms with van der Waals surface area (Å²) in [4.78, 5) is 24.7. The molecule has 1 saturated heterocycles. The van der Waals surface area contributed by atoms with Crippen molar-refractivity contribution >= 4 is 17.0 Å². The van der Waals surface area contributed by atoms with Gasteiger partial charge in [-0.25, -0.2) is 27.9 Å². The average Bonchev–Trinajstić information content (AvgIpc) is 3.51. The van der Waals surface area contributed by atoms with Crippen LogP contribution in [0.2, 0.25) is 0 Å². The molecule has 1 unspecified atom stereocenters. The van der Waals surface area contributed by atoms with Crippen LogP contribution in [0, 0.1) is 22.9 Å². The van der Waals surface area contributed by atoms with Crippen molar-refractivity contribution in [2.45, 2.75) is 32.9 Å². The Kier molecular flexibility index (Phi) is 7.35. The Morgan fingerprint density at radius 1 is 1.05 bits per heavy atom. The predicted octanol–water partition coefficient (Wildman–Crippen LogP) is 6.38. The second-order valence-electron chi connectivity index (χ2n) is 11.2. The molecule has 11 heteroatoms. The van der Waals surface area contributed by atoms with Gasteiger partial charge in [0.05, 0.1) is 41.5 Å². The van der Waals surface area contributed by atoms with Crippen LogP contribution in [-0.2, 0) is 17.8 Å². The summed E-state index contributed by atoms with van der Waals surface area (Å²) < 4.78 is 57.5. The number of aromatic nitrogens is 4. The van der Waals surface area contributed by atoms with E-state index in [0.29, 0.717) is 35.6 Å². The molecular formula is C32H27F3N4O4. The molecule has 0 radical (unpaired) electrons.